The lowest BCUT2D eigenvalue weighted by molar-refractivity contribution is 0.102. The number of halogens is 1. The molecular formula is C21H16FN3O3S. The number of fused-ring (bicyclic) bond motifs is 1. The van der Waals surface area contributed by atoms with E-state index in [-0.39, 0.29) is 11.4 Å². The van der Waals surface area contributed by atoms with Gasteiger partial charge in [0.25, 0.3) is 11.5 Å². The Morgan fingerprint density at radius 1 is 1.17 bits per heavy atom. The zero-order chi connectivity index (χ0) is 20.4. The number of thiazole rings is 1. The van der Waals surface area contributed by atoms with E-state index in [4.69, 9.17) is 4.74 Å². The summed E-state index contributed by atoms with van der Waals surface area (Å²) in [7, 11) is 0. The maximum atomic E-state index is 12.9. The molecule has 146 valence electrons. The van der Waals surface area contributed by atoms with Crippen molar-refractivity contribution in [1.82, 2.24) is 9.38 Å². The van der Waals surface area contributed by atoms with Crippen molar-refractivity contribution in [2.24, 2.45) is 0 Å². The first kappa shape index (κ1) is 18.8. The minimum atomic E-state index is -0.525. The standard InChI is InChI=1S/C21H16FN3O3S/c1-13-12-29-21-23-10-18(20(27)25(13)21)19(26)24-16-6-8-17(9-7-16)28-11-14-2-4-15(22)5-3-14/h2-10,12H,11H2,1H3,(H,24,26). The van der Waals surface area contributed by atoms with Gasteiger partial charge in [0.05, 0.1) is 0 Å². The number of amides is 1. The molecule has 0 aliphatic heterocycles. The second-order valence-corrected chi connectivity index (χ2v) is 7.20. The molecule has 4 aromatic rings. The second-order valence-electron chi connectivity index (χ2n) is 6.37. The van der Waals surface area contributed by atoms with Crippen LogP contribution in [-0.4, -0.2) is 15.3 Å². The first-order chi connectivity index (χ1) is 14.0. The first-order valence-corrected chi connectivity index (χ1v) is 9.64. The van der Waals surface area contributed by atoms with Crippen LogP contribution in [0.15, 0.2) is 64.9 Å². The fraction of sp³-hybridized carbons (Fsp3) is 0.0952. The van der Waals surface area contributed by atoms with Crippen LogP contribution in [0.3, 0.4) is 0 Å². The topological polar surface area (TPSA) is 72.7 Å². The average molecular weight is 409 g/mol. The van der Waals surface area contributed by atoms with Crippen LogP contribution in [-0.2, 0) is 6.61 Å². The van der Waals surface area contributed by atoms with Crippen molar-refractivity contribution >= 4 is 27.9 Å². The largest absolute Gasteiger partial charge is 0.489 e. The maximum absolute atomic E-state index is 12.9. The summed E-state index contributed by atoms with van der Waals surface area (Å²) in [6, 6.07) is 12.8. The molecule has 2 heterocycles. The quantitative estimate of drug-likeness (QED) is 0.540. The van der Waals surface area contributed by atoms with Crippen molar-refractivity contribution in [3.63, 3.8) is 0 Å². The van der Waals surface area contributed by atoms with E-state index in [0.29, 0.717) is 23.0 Å². The number of nitrogens with one attached hydrogen (secondary N) is 1. The van der Waals surface area contributed by atoms with Crippen molar-refractivity contribution < 1.29 is 13.9 Å². The smallest absolute Gasteiger partial charge is 0.271 e. The van der Waals surface area contributed by atoms with Gasteiger partial charge in [0.15, 0.2) is 4.96 Å². The molecule has 0 radical (unpaired) electrons. The van der Waals surface area contributed by atoms with Crippen LogP contribution in [0.4, 0.5) is 10.1 Å². The van der Waals surface area contributed by atoms with Crippen molar-refractivity contribution in [3.8, 4) is 5.75 Å². The summed E-state index contributed by atoms with van der Waals surface area (Å²) in [4.78, 5) is 29.8. The zero-order valence-corrected chi connectivity index (χ0v) is 16.2. The van der Waals surface area contributed by atoms with E-state index in [1.807, 2.05) is 5.38 Å². The Labute approximate surface area is 169 Å². The van der Waals surface area contributed by atoms with Gasteiger partial charge in [0.2, 0.25) is 0 Å². The second kappa shape index (κ2) is 7.84. The van der Waals surface area contributed by atoms with E-state index in [1.165, 1.54) is 34.1 Å². The van der Waals surface area contributed by atoms with Gasteiger partial charge in [-0.2, -0.15) is 0 Å². The van der Waals surface area contributed by atoms with E-state index >= 15 is 0 Å². The molecule has 1 N–H and O–H groups in total. The summed E-state index contributed by atoms with van der Waals surface area (Å²) >= 11 is 1.35. The lowest BCUT2D eigenvalue weighted by Gasteiger charge is -2.09. The van der Waals surface area contributed by atoms with Crippen molar-refractivity contribution in [2.75, 3.05) is 5.32 Å². The van der Waals surface area contributed by atoms with Crippen LogP contribution in [0.25, 0.3) is 4.96 Å². The Kier molecular flexibility index (Phi) is 5.09. The Morgan fingerprint density at radius 2 is 1.90 bits per heavy atom. The zero-order valence-electron chi connectivity index (χ0n) is 15.4. The Bertz CT molecular complexity index is 1230. The van der Waals surface area contributed by atoms with E-state index in [2.05, 4.69) is 10.3 Å². The third kappa shape index (κ3) is 4.02. The van der Waals surface area contributed by atoms with Crippen LogP contribution >= 0.6 is 11.3 Å². The predicted molar refractivity (Wildman–Crippen MR) is 109 cm³/mol. The van der Waals surface area contributed by atoms with Crippen LogP contribution < -0.4 is 15.6 Å². The van der Waals surface area contributed by atoms with Gasteiger partial charge < -0.3 is 10.1 Å². The van der Waals surface area contributed by atoms with Gasteiger partial charge in [-0.15, -0.1) is 11.3 Å². The van der Waals surface area contributed by atoms with Gasteiger partial charge in [-0.25, -0.2) is 9.37 Å². The molecule has 0 atom stereocenters. The van der Waals surface area contributed by atoms with Gasteiger partial charge in [-0.05, 0) is 48.9 Å². The molecule has 0 saturated heterocycles. The predicted octanol–water partition coefficient (Wildman–Crippen LogP) is 4.03. The number of rotatable bonds is 5. The number of aryl methyl sites for hydroxylation is 1. The number of anilines is 1. The van der Waals surface area contributed by atoms with Gasteiger partial charge in [0, 0.05) is 23.0 Å². The summed E-state index contributed by atoms with van der Waals surface area (Å²) in [6.07, 6.45) is 1.29. The fourth-order valence-electron chi connectivity index (χ4n) is 2.76. The van der Waals surface area contributed by atoms with E-state index in [0.717, 1.165) is 11.3 Å². The van der Waals surface area contributed by atoms with Crippen molar-refractivity contribution in [1.29, 1.82) is 0 Å². The number of benzene rings is 2. The number of carbonyl (C=O) groups is 1. The molecule has 2 aromatic carbocycles. The van der Waals surface area contributed by atoms with Crippen LogP contribution in [0.1, 0.15) is 21.6 Å². The number of aromatic nitrogens is 2. The third-order valence-corrected chi connectivity index (χ3v) is 5.25. The lowest BCUT2D eigenvalue weighted by Crippen LogP contribution is -2.26. The number of carbonyl (C=O) groups excluding carboxylic acids is 1. The SMILES string of the molecule is Cc1csc2ncc(C(=O)Nc3ccc(OCc4ccc(F)cc4)cc3)c(=O)n12. The molecule has 0 bridgehead atoms. The summed E-state index contributed by atoms with van der Waals surface area (Å²) < 4.78 is 20.0. The Balaban J connectivity index is 1.44. The Morgan fingerprint density at radius 3 is 2.62 bits per heavy atom. The molecular weight excluding hydrogens is 393 g/mol. The molecule has 0 unspecified atom stereocenters. The molecule has 29 heavy (non-hydrogen) atoms. The fourth-order valence-corrected chi connectivity index (χ4v) is 3.59. The summed E-state index contributed by atoms with van der Waals surface area (Å²) in [5, 5.41) is 4.51. The van der Waals surface area contributed by atoms with Crippen molar-refractivity contribution in [2.45, 2.75) is 13.5 Å². The maximum Gasteiger partial charge on any atom is 0.271 e. The summed E-state index contributed by atoms with van der Waals surface area (Å²) in [5.41, 5.74) is 1.68. The first-order valence-electron chi connectivity index (χ1n) is 8.76. The summed E-state index contributed by atoms with van der Waals surface area (Å²) in [5.74, 6) is -0.219. The Hall–Kier alpha value is -3.52. The van der Waals surface area contributed by atoms with E-state index in [1.54, 1.807) is 43.3 Å². The van der Waals surface area contributed by atoms with E-state index in [9.17, 15) is 14.0 Å². The minimum absolute atomic E-state index is 0.0272. The highest BCUT2D eigenvalue weighted by molar-refractivity contribution is 7.15. The van der Waals surface area contributed by atoms with Crippen molar-refractivity contribution in [3.05, 3.63) is 93.1 Å². The minimum Gasteiger partial charge on any atom is -0.489 e. The highest BCUT2D eigenvalue weighted by Gasteiger charge is 2.15. The molecule has 0 spiro atoms. The van der Waals surface area contributed by atoms with Gasteiger partial charge >= 0.3 is 0 Å². The highest BCUT2D eigenvalue weighted by atomic mass is 32.1. The van der Waals surface area contributed by atoms with E-state index < -0.39 is 11.5 Å². The van der Waals surface area contributed by atoms with Gasteiger partial charge in [0.1, 0.15) is 23.7 Å². The monoisotopic (exact) mass is 409 g/mol. The van der Waals surface area contributed by atoms with Crippen LogP contribution in [0, 0.1) is 12.7 Å². The third-order valence-electron chi connectivity index (χ3n) is 4.29. The highest BCUT2D eigenvalue weighted by Crippen LogP contribution is 2.18. The van der Waals surface area contributed by atoms with Gasteiger partial charge in [-0.1, -0.05) is 12.1 Å². The average Bonchev–Trinajstić information content (AvgIpc) is 3.10. The molecule has 6 nitrogen and oxygen atoms in total. The number of nitrogens with zero attached hydrogens (tertiary/aromatic N) is 2. The van der Waals surface area contributed by atoms with Gasteiger partial charge in [-0.3, -0.25) is 14.0 Å². The normalized spacial score (nSPS) is 10.8. The molecule has 1 amide bonds. The molecule has 0 aliphatic carbocycles. The number of hydrogen-bond donors (Lipinski definition) is 1. The molecule has 0 fully saturated rings. The van der Waals surface area contributed by atoms with Crippen LogP contribution in [0.5, 0.6) is 5.75 Å². The molecule has 4 rings (SSSR count). The lowest BCUT2D eigenvalue weighted by atomic mass is 10.2. The molecule has 0 aliphatic rings. The number of ether oxygens (including phenoxy) is 1. The number of hydrogen-bond acceptors (Lipinski definition) is 5. The van der Waals surface area contributed by atoms with Crippen LogP contribution in [0.2, 0.25) is 0 Å². The molecule has 2 aromatic heterocycles. The molecule has 8 heteroatoms. The molecule has 0 saturated carbocycles. The summed E-state index contributed by atoms with van der Waals surface area (Å²) in [6.45, 7) is 2.09.